The first kappa shape index (κ1) is 9.04. The zero-order chi connectivity index (χ0) is 9.69. The Hall–Kier alpha value is -0.530. The second kappa shape index (κ2) is 2.49. The van der Waals surface area contributed by atoms with Gasteiger partial charge in [0.15, 0.2) is 0 Å². The minimum absolute atomic E-state index is 0.166. The summed E-state index contributed by atoms with van der Waals surface area (Å²) in [5.41, 5.74) is 0.569. The van der Waals surface area contributed by atoms with E-state index in [1.807, 2.05) is 0 Å². The highest BCUT2D eigenvalue weighted by Crippen LogP contribution is 2.66. The van der Waals surface area contributed by atoms with Crippen LogP contribution in [0.3, 0.4) is 0 Å². The van der Waals surface area contributed by atoms with Crippen LogP contribution in [0.25, 0.3) is 0 Å². The molecule has 0 unspecified atom stereocenters. The van der Waals surface area contributed by atoms with Crippen LogP contribution in [0.2, 0.25) is 0 Å². The van der Waals surface area contributed by atoms with Gasteiger partial charge in [-0.3, -0.25) is 4.79 Å². The molecule has 3 atom stereocenters. The molecule has 0 saturated heterocycles. The van der Waals surface area contributed by atoms with E-state index in [1.165, 1.54) is 12.8 Å². The first-order valence-electron chi connectivity index (χ1n) is 5.11. The van der Waals surface area contributed by atoms with Gasteiger partial charge in [-0.15, -0.1) is 0 Å². The van der Waals surface area contributed by atoms with Crippen LogP contribution in [0.15, 0.2) is 0 Å². The Labute approximate surface area is 79.7 Å². The van der Waals surface area contributed by atoms with Crippen molar-refractivity contribution in [3.8, 4) is 0 Å². The quantitative estimate of drug-likeness (QED) is 0.613. The van der Waals surface area contributed by atoms with Gasteiger partial charge in [0, 0.05) is 5.41 Å². The summed E-state index contributed by atoms with van der Waals surface area (Å²) in [6, 6.07) is 0. The van der Waals surface area contributed by atoms with Crippen LogP contribution in [-0.2, 0) is 9.53 Å². The molecular formula is C11H18O2. The Morgan fingerprint density at radius 2 is 2.08 bits per heavy atom. The lowest BCUT2D eigenvalue weighted by molar-refractivity contribution is -0.141. The Morgan fingerprint density at radius 3 is 2.46 bits per heavy atom. The summed E-state index contributed by atoms with van der Waals surface area (Å²) in [6.07, 6.45) is 3.76. The lowest BCUT2D eigenvalue weighted by Gasteiger charge is -2.37. The standard InChI is InChI=1S/C11H18O2/c1-10(2)8-4-5-11(10,3)9(6-8)13-7-12/h7-9H,4-6H2,1-3H3/t8-,9-,11-/m0/s1. The molecule has 0 aromatic rings. The second-order valence-corrected chi connectivity index (χ2v) is 5.33. The van der Waals surface area contributed by atoms with Gasteiger partial charge in [0.2, 0.25) is 0 Å². The van der Waals surface area contributed by atoms with Crippen molar-refractivity contribution in [2.75, 3.05) is 0 Å². The van der Waals surface area contributed by atoms with Crippen molar-refractivity contribution < 1.29 is 9.53 Å². The normalized spacial score (nSPS) is 46.4. The Balaban J connectivity index is 2.27. The Morgan fingerprint density at radius 1 is 1.38 bits per heavy atom. The van der Waals surface area contributed by atoms with Crippen molar-refractivity contribution in [1.82, 2.24) is 0 Å². The average Bonchev–Trinajstić information content (AvgIpc) is 2.37. The summed E-state index contributed by atoms with van der Waals surface area (Å²) in [5.74, 6) is 0.752. The average molecular weight is 182 g/mol. The van der Waals surface area contributed by atoms with Crippen molar-refractivity contribution in [2.24, 2.45) is 16.7 Å². The minimum atomic E-state index is 0.166. The number of carbonyl (C=O) groups is 1. The molecule has 13 heavy (non-hydrogen) atoms. The van der Waals surface area contributed by atoms with Crippen molar-refractivity contribution in [1.29, 1.82) is 0 Å². The molecule has 2 aliphatic rings. The molecule has 0 radical (unpaired) electrons. The van der Waals surface area contributed by atoms with Crippen LogP contribution in [-0.4, -0.2) is 12.6 Å². The van der Waals surface area contributed by atoms with Gasteiger partial charge in [0.05, 0.1) is 0 Å². The SMILES string of the molecule is CC1(C)[C@H]2CC[C@@]1(C)[C@@H](OC=O)C2. The third kappa shape index (κ3) is 0.918. The summed E-state index contributed by atoms with van der Waals surface area (Å²) >= 11 is 0. The van der Waals surface area contributed by atoms with Crippen molar-refractivity contribution in [3.05, 3.63) is 0 Å². The maximum atomic E-state index is 10.4. The van der Waals surface area contributed by atoms with Gasteiger partial charge in [-0.2, -0.15) is 0 Å². The molecule has 0 aromatic heterocycles. The van der Waals surface area contributed by atoms with Crippen LogP contribution in [0, 0.1) is 16.7 Å². The fourth-order valence-electron chi connectivity index (χ4n) is 3.40. The third-order valence-corrected chi connectivity index (χ3v) is 4.93. The van der Waals surface area contributed by atoms with Gasteiger partial charge in [-0.25, -0.2) is 0 Å². The smallest absolute Gasteiger partial charge is 0.293 e. The van der Waals surface area contributed by atoms with E-state index in [2.05, 4.69) is 20.8 Å². The predicted molar refractivity (Wildman–Crippen MR) is 50.2 cm³/mol. The summed E-state index contributed by atoms with van der Waals surface area (Å²) in [4.78, 5) is 10.4. The lowest BCUT2D eigenvalue weighted by Crippen LogP contribution is -2.36. The molecule has 2 fully saturated rings. The van der Waals surface area contributed by atoms with E-state index in [-0.39, 0.29) is 11.5 Å². The number of ether oxygens (including phenoxy) is 1. The largest absolute Gasteiger partial charge is 0.464 e. The van der Waals surface area contributed by atoms with Gasteiger partial charge in [-0.1, -0.05) is 20.8 Å². The van der Waals surface area contributed by atoms with Gasteiger partial charge < -0.3 is 4.74 Å². The molecule has 0 spiro atoms. The first-order valence-corrected chi connectivity index (χ1v) is 5.11. The molecule has 2 nitrogen and oxygen atoms in total. The monoisotopic (exact) mass is 182 g/mol. The third-order valence-electron chi connectivity index (χ3n) is 4.93. The van der Waals surface area contributed by atoms with E-state index >= 15 is 0 Å². The molecule has 0 heterocycles. The highest BCUT2D eigenvalue weighted by Gasteiger charge is 2.62. The topological polar surface area (TPSA) is 26.3 Å². The van der Waals surface area contributed by atoms with E-state index < -0.39 is 0 Å². The summed E-state index contributed by atoms with van der Waals surface area (Å²) in [6.45, 7) is 7.53. The molecule has 2 bridgehead atoms. The molecule has 2 saturated carbocycles. The number of rotatable bonds is 2. The minimum Gasteiger partial charge on any atom is -0.464 e. The molecule has 0 N–H and O–H groups in total. The molecular weight excluding hydrogens is 164 g/mol. The lowest BCUT2D eigenvalue weighted by atomic mass is 9.70. The fraction of sp³-hybridized carbons (Fsp3) is 0.909. The summed E-state index contributed by atoms with van der Waals surface area (Å²) in [5, 5.41) is 0. The Bertz CT molecular complexity index is 234. The number of hydrogen-bond acceptors (Lipinski definition) is 2. The van der Waals surface area contributed by atoms with Gasteiger partial charge in [-0.05, 0) is 30.6 Å². The maximum Gasteiger partial charge on any atom is 0.293 e. The Kier molecular flexibility index (Phi) is 1.73. The first-order chi connectivity index (χ1) is 6.02. The second-order valence-electron chi connectivity index (χ2n) is 5.33. The van der Waals surface area contributed by atoms with E-state index in [1.54, 1.807) is 0 Å². The van der Waals surface area contributed by atoms with Crippen LogP contribution in [0.4, 0.5) is 0 Å². The zero-order valence-corrected chi connectivity index (χ0v) is 8.67. The predicted octanol–water partition coefficient (Wildman–Crippen LogP) is 2.37. The summed E-state index contributed by atoms with van der Waals surface area (Å²) < 4.78 is 5.19. The molecule has 2 aliphatic carbocycles. The van der Waals surface area contributed by atoms with E-state index in [0.29, 0.717) is 11.9 Å². The van der Waals surface area contributed by atoms with E-state index in [4.69, 9.17) is 4.74 Å². The van der Waals surface area contributed by atoms with Crippen molar-refractivity contribution in [2.45, 2.75) is 46.1 Å². The molecule has 2 heteroatoms. The highest BCUT2D eigenvalue weighted by molar-refractivity contribution is 5.38. The van der Waals surface area contributed by atoms with Crippen LogP contribution >= 0.6 is 0 Å². The summed E-state index contributed by atoms with van der Waals surface area (Å²) in [7, 11) is 0. The van der Waals surface area contributed by atoms with E-state index in [9.17, 15) is 4.79 Å². The van der Waals surface area contributed by atoms with Crippen LogP contribution in [0.5, 0.6) is 0 Å². The van der Waals surface area contributed by atoms with Crippen molar-refractivity contribution >= 4 is 6.47 Å². The van der Waals surface area contributed by atoms with Gasteiger partial charge >= 0.3 is 0 Å². The van der Waals surface area contributed by atoms with Crippen molar-refractivity contribution in [3.63, 3.8) is 0 Å². The number of fused-ring (bicyclic) bond motifs is 2. The number of hydrogen-bond donors (Lipinski definition) is 0. The highest BCUT2D eigenvalue weighted by atomic mass is 16.5. The molecule has 0 aliphatic heterocycles. The zero-order valence-electron chi connectivity index (χ0n) is 8.67. The number of carbonyl (C=O) groups excluding carboxylic acids is 1. The van der Waals surface area contributed by atoms with E-state index in [0.717, 1.165) is 12.3 Å². The van der Waals surface area contributed by atoms with Gasteiger partial charge in [0.1, 0.15) is 6.10 Å². The van der Waals surface area contributed by atoms with Crippen LogP contribution in [0.1, 0.15) is 40.0 Å². The molecule has 2 rings (SSSR count). The molecule has 0 amide bonds. The van der Waals surface area contributed by atoms with Crippen LogP contribution < -0.4 is 0 Å². The maximum absolute atomic E-state index is 10.4. The fourth-order valence-corrected chi connectivity index (χ4v) is 3.40. The molecule has 0 aromatic carbocycles. The van der Waals surface area contributed by atoms with Gasteiger partial charge in [0.25, 0.3) is 6.47 Å². The molecule has 74 valence electrons.